The molecule has 4 nitrogen and oxygen atoms in total. The lowest BCUT2D eigenvalue weighted by atomic mass is 9.96. The van der Waals surface area contributed by atoms with Crippen molar-refractivity contribution in [3.8, 4) is 0 Å². The number of morpholine rings is 1. The first-order valence-corrected chi connectivity index (χ1v) is 6.47. The summed E-state index contributed by atoms with van der Waals surface area (Å²) in [5, 5.41) is 0. The molecule has 0 radical (unpaired) electrons. The highest BCUT2D eigenvalue weighted by atomic mass is 16.5. The topological polar surface area (TPSA) is 50.8 Å². The summed E-state index contributed by atoms with van der Waals surface area (Å²) in [6.45, 7) is 4.45. The number of nitrogens with zero attached hydrogens (tertiary/aromatic N) is 2. The highest BCUT2D eigenvalue weighted by Crippen LogP contribution is 2.20. The van der Waals surface area contributed by atoms with Gasteiger partial charge in [-0.05, 0) is 12.8 Å². The van der Waals surface area contributed by atoms with E-state index in [9.17, 15) is 0 Å². The molecule has 2 N–H and O–H groups in total. The van der Waals surface area contributed by atoms with Gasteiger partial charge >= 0.3 is 0 Å². The number of rotatable bonds is 3. The number of hydrogen-bond donors (Lipinski definition) is 1. The van der Waals surface area contributed by atoms with E-state index >= 15 is 0 Å². The number of aliphatic imine (C=N–C) groups is 1. The molecule has 0 atom stereocenters. The molecular formula is C12H23N3O. The van der Waals surface area contributed by atoms with E-state index in [0.717, 1.165) is 38.7 Å². The molecule has 92 valence electrons. The maximum absolute atomic E-state index is 6.00. The Hall–Kier alpha value is -0.610. The van der Waals surface area contributed by atoms with Crippen LogP contribution in [0.5, 0.6) is 0 Å². The maximum atomic E-state index is 6.00. The predicted molar refractivity (Wildman–Crippen MR) is 65.8 cm³/mol. The Morgan fingerprint density at radius 3 is 2.56 bits per heavy atom. The van der Waals surface area contributed by atoms with Crippen LogP contribution in [-0.4, -0.2) is 49.6 Å². The van der Waals surface area contributed by atoms with Crippen LogP contribution in [0.3, 0.4) is 0 Å². The largest absolute Gasteiger partial charge is 0.386 e. The summed E-state index contributed by atoms with van der Waals surface area (Å²) in [5.74, 6) is 0.814. The fourth-order valence-electron chi connectivity index (χ4n) is 2.47. The first-order valence-electron chi connectivity index (χ1n) is 6.47. The molecule has 1 aliphatic heterocycles. The van der Waals surface area contributed by atoms with Crippen LogP contribution in [0.15, 0.2) is 4.99 Å². The van der Waals surface area contributed by atoms with Crippen molar-refractivity contribution in [1.82, 2.24) is 4.90 Å². The first kappa shape index (κ1) is 11.9. The van der Waals surface area contributed by atoms with Crippen molar-refractivity contribution in [3.63, 3.8) is 0 Å². The van der Waals surface area contributed by atoms with Gasteiger partial charge in [0.15, 0.2) is 0 Å². The third kappa shape index (κ3) is 3.76. The summed E-state index contributed by atoms with van der Waals surface area (Å²) in [6.07, 6.45) is 6.46. The minimum atomic E-state index is 0.495. The summed E-state index contributed by atoms with van der Waals surface area (Å²) in [5.41, 5.74) is 6.00. The zero-order valence-corrected chi connectivity index (χ0v) is 10.0. The summed E-state index contributed by atoms with van der Waals surface area (Å²) in [7, 11) is 0. The average Bonchev–Trinajstić information content (AvgIpc) is 2.31. The Balaban J connectivity index is 1.76. The average molecular weight is 225 g/mol. The van der Waals surface area contributed by atoms with E-state index in [1.54, 1.807) is 0 Å². The quantitative estimate of drug-likeness (QED) is 0.576. The van der Waals surface area contributed by atoms with Gasteiger partial charge in [-0.15, -0.1) is 0 Å². The number of hydrogen-bond acceptors (Lipinski definition) is 3. The third-order valence-corrected chi connectivity index (χ3v) is 3.41. The van der Waals surface area contributed by atoms with Crippen LogP contribution in [0.4, 0.5) is 0 Å². The van der Waals surface area contributed by atoms with Gasteiger partial charge in [-0.3, -0.25) is 9.89 Å². The third-order valence-electron chi connectivity index (χ3n) is 3.41. The van der Waals surface area contributed by atoms with Crippen LogP contribution in [0.25, 0.3) is 0 Å². The van der Waals surface area contributed by atoms with Crippen molar-refractivity contribution in [2.45, 2.75) is 38.1 Å². The smallest absolute Gasteiger partial charge is 0.108 e. The molecule has 0 spiro atoms. The van der Waals surface area contributed by atoms with E-state index in [2.05, 4.69) is 9.89 Å². The van der Waals surface area contributed by atoms with Crippen molar-refractivity contribution in [1.29, 1.82) is 0 Å². The lowest BCUT2D eigenvalue weighted by molar-refractivity contribution is 0.0451. The summed E-state index contributed by atoms with van der Waals surface area (Å²) in [6, 6.07) is 0.495. The van der Waals surface area contributed by atoms with E-state index < -0.39 is 0 Å². The second kappa shape index (κ2) is 6.21. The summed E-state index contributed by atoms with van der Waals surface area (Å²) >= 11 is 0. The minimum Gasteiger partial charge on any atom is -0.386 e. The van der Waals surface area contributed by atoms with Gasteiger partial charge in [0, 0.05) is 13.1 Å². The normalized spacial score (nSPS) is 25.9. The van der Waals surface area contributed by atoms with Crippen molar-refractivity contribution < 1.29 is 4.74 Å². The first-order chi connectivity index (χ1) is 7.84. The van der Waals surface area contributed by atoms with Gasteiger partial charge in [-0.25, -0.2) is 0 Å². The molecule has 2 aliphatic rings. The SMILES string of the molecule is NC(CN1CCOCC1)=NC1CCCCC1. The zero-order chi connectivity index (χ0) is 11.2. The summed E-state index contributed by atoms with van der Waals surface area (Å²) in [4.78, 5) is 6.97. The molecule has 2 rings (SSSR count). The van der Waals surface area contributed by atoms with E-state index in [1.165, 1.54) is 32.1 Å². The molecule has 4 heteroatoms. The molecule has 0 aromatic rings. The van der Waals surface area contributed by atoms with E-state index in [-0.39, 0.29) is 0 Å². The van der Waals surface area contributed by atoms with Crippen LogP contribution in [0, 0.1) is 0 Å². The van der Waals surface area contributed by atoms with Gasteiger partial charge in [0.1, 0.15) is 5.84 Å². The Morgan fingerprint density at radius 1 is 1.19 bits per heavy atom. The molecule has 1 saturated heterocycles. The summed E-state index contributed by atoms with van der Waals surface area (Å²) < 4.78 is 5.31. The van der Waals surface area contributed by atoms with Crippen LogP contribution >= 0.6 is 0 Å². The lowest BCUT2D eigenvalue weighted by Crippen LogP contribution is -2.42. The Bertz CT molecular complexity index is 230. The molecule has 0 aromatic carbocycles. The Labute approximate surface area is 97.9 Å². The predicted octanol–water partition coefficient (Wildman–Crippen LogP) is 1.01. The standard InChI is InChI=1S/C12H23N3O/c13-12(10-15-6-8-16-9-7-15)14-11-4-2-1-3-5-11/h11H,1-10H2,(H2,13,14). The number of ether oxygens (including phenoxy) is 1. The molecular weight excluding hydrogens is 202 g/mol. The molecule has 16 heavy (non-hydrogen) atoms. The highest BCUT2D eigenvalue weighted by Gasteiger charge is 2.14. The maximum Gasteiger partial charge on any atom is 0.108 e. The van der Waals surface area contributed by atoms with E-state index in [1.807, 2.05) is 0 Å². The molecule has 0 aromatic heterocycles. The molecule has 1 saturated carbocycles. The Morgan fingerprint density at radius 2 is 1.88 bits per heavy atom. The van der Waals surface area contributed by atoms with Gasteiger partial charge in [0.05, 0.1) is 25.8 Å². The molecule has 0 unspecified atom stereocenters. The van der Waals surface area contributed by atoms with Gasteiger partial charge in [0.25, 0.3) is 0 Å². The fourth-order valence-corrected chi connectivity index (χ4v) is 2.47. The van der Waals surface area contributed by atoms with Gasteiger partial charge in [-0.1, -0.05) is 19.3 Å². The molecule has 0 amide bonds. The fraction of sp³-hybridized carbons (Fsp3) is 0.917. The highest BCUT2D eigenvalue weighted by molar-refractivity contribution is 5.82. The molecule has 0 bridgehead atoms. The molecule has 1 heterocycles. The second-order valence-electron chi connectivity index (χ2n) is 4.80. The minimum absolute atomic E-state index is 0.495. The van der Waals surface area contributed by atoms with Gasteiger partial charge < -0.3 is 10.5 Å². The van der Waals surface area contributed by atoms with Gasteiger partial charge in [0.2, 0.25) is 0 Å². The second-order valence-corrected chi connectivity index (χ2v) is 4.80. The van der Waals surface area contributed by atoms with Crippen molar-refractivity contribution in [3.05, 3.63) is 0 Å². The van der Waals surface area contributed by atoms with Crippen LogP contribution in [0.2, 0.25) is 0 Å². The zero-order valence-electron chi connectivity index (χ0n) is 10.0. The van der Waals surface area contributed by atoms with Crippen molar-refractivity contribution in [2.75, 3.05) is 32.8 Å². The van der Waals surface area contributed by atoms with E-state index in [4.69, 9.17) is 10.5 Å². The van der Waals surface area contributed by atoms with Crippen molar-refractivity contribution in [2.24, 2.45) is 10.7 Å². The van der Waals surface area contributed by atoms with Crippen molar-refractivity contribution >= 4 is 5.84 Å². The van der Waals surface area contributed by atoms with Gasteiger partial charge in [-0.2, -0.15) is 0 Å². The van der Waals surface area contributed by atoms with Crippen LogP contribution in [-0.2, 0) is 4.74 Å². The number of amidine groups is 1. The van der Waals surface area contributed by atoms with E-state index in [0.29, 0.717) is 6.04 Å². The van der Waals surface area contributed by atoms with Crippen LogP contribution in [0.1, 0.15) is 32.1 Å². The molecule has 2 fully saturated rings. The lowest BCUT2D eigenvalue weighted by Gasteiger charge is -2.26. The van der Waals surface area contributed by atoms with Crippen LogP contribution < -0.4 is 5.73 Å². The Kier molecular flexibility index (Phi) is 4.60. The number of nitrogens with two attached hydrogens (primary N) is 1. The monoisotopic (exact) mass is 225 g/mol. The molecule has 1 aliphatic carbocycles.